The number of carbonyl (C=O) groups is 1. The minimum Gasteiger partial charge on any atom is -0.491 e. The van der Waals surface area contributed by atoms with Gasteiger partial charge in [-0.3, -0.25) is 4.79 Å². The van der Waals surface area contributed by atoms with E-state index in [1.165, 1.54) is 0 Å². The van der Waals surface area contributed by atoms with Crippen molar-refractivity contribution >= 4 is 12.1 Å². The molecule has 15 heavy (non-hydrogen) atoms. The summed E-state index contributed by atoms with van der Waals surface area (Å²) in [6, 6.07) is 5.61. The molecule has 1 aliphatic rings. The van der Waals surface area contributed by atoms with Crippen LogP contribution in [0.1, 0.15) is 5.56 Å². The maximum Gasteiger partial charge on any atom is 0.211 e. The minimum atomic E-state index is 0.244. The standard InChI is InChI=1S/C11H13NO3/c1-8-2-3-9(4-11(8)12-7-13)14-5-10-6-15-10/h2-4,7,10H,5-6H2,1H3,(H,12,13). The zero-order valence-corrected chi connectivity index (χ0v) is 8.53. The zero-order chi connectivity index (χ0) is 10.7. The van der Waals surface area contributed by atoms with Crippen LogP contribution < -0.4 is 10.1 Å². The monoisotopic (exact) mass is 207 g/mol. The summed E-state index contributed by atoms with van der Waals surface area (Å²) in [5.74, 6) is 0.750. The summed E-state index contributed by atoms with van der Waals surface area (Å²) in [5.41, 5.74) is 1.79. The topological polar surface area (TPSA) is 50.9 Å². The summed E-state index contributed by atoms with van der Waals surface area (Å²) < 4.78 is 10.5. The van der Waals surface area contributed by atoms with Crippen molar-refractivity contribution in [1.82, 2.24) is 0 Å². The second-order valence-electron chi connectivity index (χ2n) is 3.51. The molecule has 1 heterocycles. The van der Waals surface area contributed by atoms with Crippen LogP contribution in [0.5, 0.6) is 5.75 Å². The third kappa shape index (κ3) is 2.70. The van der Waals surface area contributed by atoms with Gasteiger partial charge in [0.15, 0.2) is 0 Å². The Kier molecular flexibility index (Phi) is 2.87. The summed E-state index contributed by atoms with van der Waals surface area (Å²) in [6.45, 7) is 3.29. The smallest absolute Gasteiger partial charge is 0.211 e. The first-order chi connectivity index (χ1) is 7.29. The molecule has 0 saturated carbocycles. The third-order valence-electron chi connectivity index (χ3n) is 2.26. The Hall–Kier alpha value is -1.55. The summed E-state index contributed by atoms with van der Waals surface area (Å²) in [6.07, 6.45) is 0.907. The van der Waals surface area contributed by atoms with E-state index >= 15 is 0 Å². The zero-order valence-electron chi connectivity index (χ0n) is 8.53. The molecule has 0 bridgehead atoms. The summed E-state index contributed by atoms with van der Waals surface area (Å²) in [5, 5.41) is 2.63. The fraction of sp³-hybridized carbons (Fsp3) is 0.364. The molecule has 1 aromatic carbocycles. The van der Waals surface area contributed by atoms with Gasteiger partial charge in [0.2, 0.25) is 6.41 Å². The Bertz CT molecular complexity index is 361. The number of amides is 1. The molecule has 1 aromatic rings. The Balaban J connectivity index is 2.02. The molecule has 2 rings (SSSR count). The highest BCUT2D eigenvalue weighted by Gasteiger charge is 2.23. The van der Waals surface area contributed by atoms with Gasteiger partial charge in [-0.2, -0.15) is 0 Å². The summed E-state index contributed by atoms with van der Waals surface area (Å²) in [4.78, 5) is 10.3. The van der Waals surface area contributed by atoms with Crippen LogP contribution in [0.4, 0.5) is 5.69 Å². The van der Waals surface area contributed by atoms with Gasteiger partial charge in [-0.15, -0.1) is 0 Å². The van der Waals surface area contributed by atoms with Crippen LogP contribution in [0.3, 0.4) is 0 Å². The molecular formula is C11H13NO3. The molecule has 80 valence electrons. The average molecular weight is 207 g/mol. The number of aryl methyl sites for hydroxylation is 1. The average Bonchev–Trinajstić information content (AvgIpc) is 3.03. The maximum atomic E-state index is 10.3. The van der Waals surface area contributed by atoms with Crippen molar-refractivity contribution in [2.24, 2.45) is 0 Å². The Morgan fingerprint density at radius 3 is 3.13 bits per heavy atom. The molecule has 4 nitrogen and oxygen atoms in total. The molecule has 1 unspecified atom stereocenters. The predicted octanol–water partition coefficient (Wildman–Crippen LogP) is 1.34. The molecule has 1 saturated heterocycles. The van der Waals surface area contributed by atoms with Gasteiger partial charge in [0.25, 0.3) is 0 Å². The first kappa shape index (κ1) is 9.98. The highest BCUT2D eigenvalue weighted by atomic mass is 16.6. The van der Waals surface area contributed by atoms with Crippen LogP contribution in [0.2, 0.25) is 0 Å². The fourth-order valence-corrected chi connectivity index (χ4v) is 1.26. The normalized spacial score (nSPS) is 18.3. The Morgan fingerprint density at radius 2 is 2.47 bits per heavy atom. The van der Waals surface area contributed by atoms with Crippen LogP contribution in [0.15, 0.2) is 18.2 Å². The number of ether oxygens (including phenoxy) is 2. The molecular weight excluding hydrogens is 194 g/mol. The van der Waals surface area contributed by atoms with Crippen molar-refractivity contribution in [3.63, 3.8) is 0 Å². The van der Waals surface area contributed by atoms with Crippen molar-refractivity contribution in [2.45, 2.75) is 13.0 Å². The number of anilines is 1. The van der Waals surface area contributed by atoms with Gasteiger partial charge in [0.05, 0.1) is 6.61 Å². The molecule has 1 fully saturated rings. The quantitative estimate of drug-likeness (QED) is 0.585. The van der Waals surface area contributed by atoms with Crippen molar-refractivity contribution in [3.05, 3.63) is 23.8 Å². The second-order valence-corrected chi connectivity index (χ2v) is 3.51. The minimum absolute atomic E-state index is 0.244. The van der Waals surface area contributed by atoms with Crippen LogP contribution in [-0.4, -0.2) is 25.7 Å². The molecule has 4 heteroatoms. The van der Waals surface area contributed by atoms with Gasteiger partial charge in [0.1, 0.15) is 18.5 Å². The molecule has 1 amide bonds. The van der Waals surface area contributed by atoms with E-state index in [4.69, 9.17) is 9.47 Å². The van der Waals surface area contributed by atoms with Crippen molar-refractivity contribution in [2.75, 3.05) is 18.5 Å². The van der Waals surface area contributed by atoms with E-state index in [9.17, 15) is 4.79 Å². The molecule has 0 aliphatic carbocycles. The van der Waals surface area contributed by atoms with Crippen molar-refractivity contribution in [1.29, 1.82) is 0 Å². The van der Waals surface area contributed by atoms with Gasteiger partial charge in [-0.05, 0) is 18.6 Å². The van der Waals surface area contributed by atoms with Crippen LogP contribution in [0.25, 0.3) is 0 Å². The van der Waals surface area contributed by atoms with E-state index in [0.717, 1.165) is 23.6 Å². The molecule has 0 aromatic heterocycles. The number of hydrogen-bond donors (Lipinski definition) is 1. The number of rotatable bonds is 5. The molecule has 1 atom stereocenters. The lowest BCUT2D eigenvalue weighted by Crippen LogP contribution is -2.05. The van der Waals surface area contributed by atoms with Crippen molar-refractivity contribution in [3.8, 4) is 5.75 Å². The third-order valence-corrected chi connectivity index (χ3v) is 2.26. The van der Waals surface area contributed by atoms with Gasteiger partial charge in [-0.1, -0.05) is 6.07 Å². The lowest BCUT2D eigenvalue weighted by Gasteiger charge is -2.08. The summed E-state index contributed by atoms with van der Waals surface area (Å²) in [7, 11) is 0. The highest BCUT2D eigenvalue weighted by molar-refractivity contribution is 5.74. The Labute approximate surface area is 88.2 Å². The second kappa shape index (κ2) is 4.31. The number of nitrogens with one attached hydrogen (secondary N) is 1. The number of epoxide rings is 1. The first-order valence-electron chi connectivity index (χ1n) is 4.85. The summed E-state index contributed by atoms with van der Waals surface area (Å²) >= 11 is 0. The number of carbonyl (C=O) groups excluding carboxylic acids is 1. The van der Waals surface area contributed by atoms with Crippen molar-refractivity contribution < 1.29 is 14.3 Å². The predicted molar refractivity (Wildman–Crippen MR) is 56.1 cm³/mol. The van der Waals surface area contributed by atoms with E-state index in [-0.39, 0.29) is 6.10 Å². The molecule has 1 aliphatic heterocycles. The van der Waals surface area contributed by atoms with Crippen LogP contribution >= 0.6 is 0 Å². The van der Waals surface area contributed by atoms with E-state index in [2.05, 4.69) is 5.32 Å². The lowest BCUT2D eigenvalue weighted by molar-refractivity contribution is -0.105. The van der Waals surface area contributed by atoms with E-state index < -0.39 is 0 Å². The van der Waals surface area contributed by atoms with E-state index in [1.807, 2.05) is 25.1 Å². The first-order valence-corrected chi connectivity index (χ1v) is 4.85. The fourth-order valence-electron chi connectivity index (χ4n) is 1.26. The van der Waals surface area contributed by atoms with Gasteiger partial charge >= 0.3 is 0 Å². The largest absolute Gasteiger partial charge is 0.491 e. The number of hydrogen-bond acceptors (Lipinski definition) is 3. The molecule has 0 spiro atoms. The van der Waals surface area contributed by atoms with Crippen LogP contribution in [-0.2, 0) is 9.53 Å². The van der Waals surface area contributed by atoms with E-state index in [0.29, 0.717) is 13.0 Å². The lowest BCUT2D eigenvalue weighted by atomic mass is 10.2. The molecule has 1 N–H and O–H groups in total. The SMILES string of the molecule is Cc1ccc(OCC2CO2)cc1NC=O. The van der Waals surface area contributed by atoms with E-state index in [1.54, 1.807) is 0 Å². The molecule has 0 radical (unpaired) electrons. The Morgan fingerprint density at radius 1 is 1.67 bits per heavy atom. The van der Waals surface area contributed by atoms with Crippen LogP contribution in [0, 0.1) is 6.92 Å². The maximum absolute atomic E-state index is 10.3. The van der Waals surface area contributed by atoms with Gasteiger partial charge in [0, 0.05) is 11.8 Å². The highest BCUT2D eigenvalue weighted by Crippen LogP contribution is 2.22. The number of benzene rings is 1. The van der Waals surface area contributed by atoms with Gasteiger partial charge < -0.3 is 14.8 Å². The van der Waals surface area contributed by atoms with Gasteiger partial charge in [-0.25, -0.2) is 0 Å².